The predicted molar refractivity (Wildman–Crippen MR) is 81.4 cm³/mol. The Labute approximate surface area is 127 Å². The average molecular weight is 335 g/mol. The van der Waals surface area contributed by atoms with E-state index in [1.54, 1.807) is 0 Å². The van der Waals surface area contributed by atoms with Crippen molar-refractivity contribution < 1.29 is 4.79 Å². The summed E-state index contributed by atoms with van der Waals surface area (Å²) in [5.41, 5.74) is 1.12. The number of hydrogen-bond acceptors (Lipinski definition) is 2. The highest BCUT2D eigenvalue weighted by atomic mass is 79.9. The molecule has 1 aromatic rings. The van der Waals surface area contributed by atoms with Crippen molar-refractivity contribution in [2.45, 2.75) is 56.3 Å². The summed E-state index contributed by atoms with van der Waals surface area (Å²) in [6.45, 7) is 0. The van der Waals surface area contributed by atoms with E-state index in [9.17, 15) is 4.79 Å². The molecule has 1 aromatic carbocycles. The number of nitrogens with zero attached hydrogens (tertiary/aromatic N) is 1. The molecule has 4 heterocycles. The van der Waals surface area contributed by atoms with Crippen LogP contribution in [0.5, 0.6) is 0 Å². The molecule has 4 fully saturated rings. The van der Waals surface area contributed by atoms with E-state index in [-0.39, 0.29) is 0 Å². The van der Waals surface area contributed by atoms with Crippen LogP contribution in [0.4, 0.5) is 0 Å². The molecule has 4 saturated heterocycles. The fourth-order valence-corrected chi connectivity index (χ4v) is 4.60. The summed E-state index contributed by atoms with van der Waals surface area (Å²) >= 11 is 3.44. The van der Waals surface area contributed by atoms with Gasteiger partial charge in [0.05, 0.1) is 6.42 Å². The third kappa shape index (κ3) is 2.19. The lowest BCUT2D eigenvalue weighted by Crippen LogP contribution is -2.68. The Morgan fingerprint density at radius 3 is 2.20 bits per heavy atom. The van der Waals surface area contributed by atoms with E-state index in [2.05, 4.69) is 26.1 Å². The molecule has 0 unspecified atom stereocenters. The maximum absolute atomic E-state index is 12.7. The van der Waals surface area contributed by atoms with Crippen molar-refractivity contribution in [3.63, 3.8) is 0 Å². The number of halogens is 1. The Bertz CT molecular complexity index is 500. The molecule has 0 aromatic heterocycles. The highest BCUT2D eigenvalue weighted by Crippen LogP contribution is 2.39. The Kier molecular flexibility index (Phi) is 3.11. The second kappa shape index (κ2) is 4.85. The van der Waals surface area contributed by atoms with Crippen molar-refractivity contribution in [1.29, 1.82) is 0 Å². The van der Waals surface area contributed by atoms with Gasteiger partial charge in [0.15, 0.2) is 0 Å². The van der Waals surface area contributed by atoms with E-state index < -0.39 is 0 Å². The van der Waals surface area contributed by atoms with Gasteiger partial charge in [0.1, 0.15) is 0 Å². The van der Waals surface area contributed by atoms with E-state index in [4.69, 9.17) is 0 Å². The van der Waals surface area contributed by atoms with Crippen LogP contribution in [0.3, 0.4) is 0 Å². The summed E-state index contributed by atoms with van der Waals surface area (Å²) < 4.78 is 1.06. The number of carbonyl (C=O) groups excluding carboxylic acids is 1. The third-order valence-electron chi connectivity index (χ3n) is 5.04. The van der Waals surface area contributed by atoms with Crippen LogP contribution in [-0.2, 0) is 11.2 Å². The first-order chi connectivity index (χ1) is 9.69. The molecule has 1 amide bonds. The third-order valence-corrected chi connectivity index (χ3v) is 5.57. The summed E-state index contributed by atoms with van der Waals surface area (Å²) in [6.07, 6.45) is 5.15. The minimum atomic E-state index is 0.320. The molecule has 0 atom stereocenters. The zero-order valence-corrected chi connectivity index (χ0v) is 13.0. The summed E-state index contributed by atoms with van der Waals surface area (Å²) in [5, 5.41) is 3.69. The lowest BCUT2D eigenvalue weighted by molar-refractivity contribution is -0.144. The van der Waals surface area contributed by atoms with Gasteiger partial charge in [0.25, 0.3) is 0 Å². The van der Waals surface area contributed by atoms with Gasteiger partial charge in [-0.25, -0.2) is 0 Å². The van der Waals surface area contributed by atoms with Crippen LogP contribution in [-0.4, -0.2) is 35.0 Å². The first kappa shape index (κ1) is 12.8. The molecule has 4 aliphatic rings. The van der Waals surface area contributed by atoms with Crippen LogP contribution in [0.1, 0.15) is 31.2 Å². The molecule has 0 radical (unpaired) electrons. The molecule has 0 saturated carbocycles. The van der Waals surface area contributed by atoms with E-state index >= 15 is 0 Å². The van der Waals surface area contributed by atoms with Crippen molar-refractivity contribution in [3.8, 4) is 0 Å². The van der Waals surface area contributed by atoms with Gasteiger partial charge >= 0.3 is 0 Å². The summed E-state index contributed by atoms with van der Waals surface area (Å²) in [4.78, 5) is 14.9. The molecule has 1 N–H and O–H groups in total. The Morgan fingerprint density at radius 1 is 1.10 bits per heavy atom. The quantitative estimate of drug-likeness (QED) is 0.901. The van der Waals surface area contributed by atoms with Crippen molar-refractivity contribution in [2.24, 2.45) is 0 Å². The fourth-order valence-electron chi connectivity index (χ4n) is 4.33. The molecular weight excluding hydrogens is 316 g/mol. The minimum Gasteiger partial charge on any atom is -0.336 e. The van der Waals surface area contributed by atoms with Gasteiger partial charge in [-0.1, -0.05) is 28.1 Å². The lowest BCUT2D eigenvalue weighted by Gasteiger charge is -2.57. The summed E-state index contributed by atoms with van der Waals surface area (Å²) in [7, 11) is 0. The maximum atomic E-state index is 12.7. The molecule has 0 spiro atoms. The van der Waals surface area contributed by atoms with E-state index in [0.29, 0.717) is 36.5 Å². The van der Waals surface area contributed by atoms with Gasteiger partial charge in [0.2, 0.25) is 5.91 Å². The summed E-state index contributed by atoms with van der Waals surface area (Å²) in [6, 6.07) is 10.4. The first-order valence-electron chi connectivity index (χ1n) is 7.50. The zero-order valence-electron chi connectivity index (χ0n) is 11.4. The largest absolute Gasteiger partial charge is 0.336 e. The number of benzene rings is 1. The maximum Gasteiger partial charge on any atom is 0.227 e. The van der Waals surface area contributed by atoms with Crippen LogP contribution >= 0.6 is 15.9 Å². The van der Waals surface area contributed by atoms with Crippen molar-refractivity contribution in [3.05, 3.63) is 34.3 Å². The molecule has 4 bridgehead atoms. The molecule has 106 valence electrons. The average Bonchev–Trinajstić information content (AvgIpc) is 2.40. The first-order valence-corrected chi connectivity index (χ1v) is 8.30. The topological polar surface area (TPSA) is 32.3 Å². The van der Waals surface area contributed by atoms with Crippen LogP contribution < -0.4 is 5.32 Å². The molecule has 20 heavy (non-hydrogen) atoms. The molecule has 0 aliphatic carbocycles. The zero-order chi connectivity index (χ0) is 13.7. The highest BCUT2D eigenvalue weighted by molar-refractivity contribution is 9.10. The van der Waals surface area contributed by atoms with Crippen LogP contribution in [0.25, 0.3) is 0 Å². The number of rotatable bonds is 2. The van der Waals surface area contributed by atoms with Gasteiger partial charge in [0, 0.05) is 28.6 Å². The number of nitrogens with one attached hydrogen (secondary N) is 1. The number of amides is 1. The summed E-state index contributed by atoms with van der Waals surface area (Å²) in [5.74, 6) is 0.320. The van der Waals surface area contributed by atoms with E-state index in [0.717, 1.165) is 35.7 Å². The molecule has 3 nitrogen and oxygen atoms in total. The Balaban J connectivity index is 1.50. The van der Waals surface area contributed by atoms with E-state index in [1.807, 2.05) is 24.3 Å². The minimum absolute atomic E-state index is 0.320. The molecule has 4 aliphatic heterocycles. The molecule has 4 heteroatoms. The highest BCUT2D eigenvalue weighted by Gasteiger charge is 2.48. The molecular formula is C16H19BrN2O. The second-order valence-electron chi connectivity index (χ2n) is 6.42. The number of carbonyl (C=O) groups is 1. The van der Waals surface area contributed by atoms with Gasteiger partial charge in [-0.05, 0) is 43.4 Å². The van der Waals surface area contributed by atoms with Crippen molar-refractivity contribution >= 4 is 21.8 Å². The van der Waals surface area contributed by atoms with Crippen molar-refractivity contribution in [2.75, 3.05) is 0 Å². The normalized spacial score (nSPS) is 34.5. The predicted octanol–water partition coefficient (Wildman–Crippen LogP) is 2.49. The molecule has 5 rings (SSSR count). The number of piperidine rings is 4. The fraction of sp³-hybridized carbons (Fsp3) is 0.562. The van der Waals surface area contributed by atoms with Crippen molar-refractivity contribution in [1.82, 2.24) is 10.2 Å². The van der Waals surface area contributed by atoms with Gasteiger partial charge in [-0.2, -0.15) is 0 Å². The SMILES string of the molecule is O=C(Cc1ccc(Br)cc1)N1C2CC3CC1CC(C2)N3. The van der Waals surface area contributed by atoms with Gasteiger partial charge in [-0.3, -0.25) is 4.79 Å². The second-order valence-corrected chi connectivity index (χ2v) is 7.33. The standard InChI is InChI=1S/C16H19BrN2O/c17-11-3-1-10(2-4-11)5-16(20)19-14-6-12-7-15(19)9-13(8-14)18-12/h1-4,12-15,18H,5-9H2. The van der Waals surface area contributed by atoms with Gasteiger partial charge < -0.3 is 10.2 Å². The van der Waals surface area contributed by atoms with E-state index in [1.165, 1.54) is 0 Å². The lowest BCUT2D eigenvalue weighted by atomic mass is 9.74. The van der Waals surface area contributed by atoms with Crippen LogP contribution in [0, 0.1) is 0 Å². The Hall–Kier alpha value is -0.870. The smallest absolute Gasteiger partial charge is 0.227 e. The number of hydrogen-bond donors (Lipinski definition) is 1. The Morgan fingerprint density at radius 2 is 1.65 bits per heavy atom. The van der Waals surface area contributed by atoms with Crippen LogP contribution in [0.15, 0.2) is 28.7 Å². The monoisotopic (exact) mass is 334 g/mol. The van der Waals surface area contributed by atoms with Crippen LogP contribution in [0.2, 0.25) is 0 Å². The van der Waals surface area contributed by atoms with Gasteiger partial charge in [-0.15, -0.1) is 0 Å².